The lowest BCUT2D eigenvalue weighted by atomic mass is 9.92. The largest absolute Gasteiger partial charge is 0.383 e. The fraction of sp³-hybridized carbons (Fsp3) is 0.190. The Morgan fingerprint density at radius 3 is 2.56 bits per heavy atom. The molecule has 4 aromatic rings. The molecule has 0 aliphatic rings. The molecule has 6 heteroatoms. The van der Waals surface area contributed by atoms with Gasteiger partial charge in [0.15, 0.2) is 10.7 Å². The summed E-state index contributed by atoms with van der Waals surface area (Å²) < 4.78 is 1.97. The van der Waals surface area contributed by atoms with E-state index in [0.717, 1.165) is 32.5 Å². The SMILES string of the molecule is CC(C)(C)c1cncc2nc(-c3cnc(C#Cc4ccccc4)s3)c(N)n12. The molecule has 0 atom stereocenters. The topological polar surface area (TPSA) is 69.1 Å². The van der Waals surface area contributed by atoms with Gasteiger partial charge in [0, 0.05) is 29.1 Å². The fourth-order valence-electron chi connectivity index (χ4n) is 2.82. The molecule has 1 aromatic carbocycles. The van der Waals surface area contributed by atoms with E-state index in [9.17, 15) is 0 Å². The van der Waals surface area contributed by atoms with Crippen LogP contribution in [0.4, 0.5) is 5.82 Å². The van der Waals surface area contributed by atoms with Crippen molar-refractivity contribution in [2.24, 2.45) is 0 Å². The Balaban J connectivity index is 1.75. The first-order valence-corrected chi connectivity index (χ1v) is 9.41. The fourth-order valence-corrected chi connectivity index (χ4v) is 3.59. The van der Waals surface area contributed by atoms with Crippen LogP contribution in [-0.4, -0.2) is 19.4 Å². The quantitative estimate of drug-likeness (QED) is 0.509. The Bertz CT molecular complexity index is 1170. The Labute approximate surface area is 161 Å². The van der Waals surface area contributed by atoms with Crippen LogP contribution in [0.3, 0.4) is 0 Å². The van der Waals surface area contributed by atoms with Gasteiger partial charge < -0.3 is 5.73 Å². The second-order valence-electron chi connectivity index (χ2n) is 7.23. The number of imidazole rings is 1. The van der Waals surface area contributed by atoms with E-state index in [1.807, 2.05) is 40.9 Å². The van der Waals surface area contributed by atoms with Crippen LogP contribution in [0.5, 0.6) is 0 Å². The molecule has 0 spiro atoms. The standard InChI is InChI=1S/C21H19N5S/c1-21(2,3)16-12-23-13-17-25-19(20(22)26(16)17)15-11-24-18(27-15)10-9-14-7-5-4-6-8-14/h4-8,11-13H,22H2,1-3H3. The highest BCUT2D eigenvalue weighted by molar-refractivity contribution is 7.15. The third-order valence-corrected chi connectivity index (χ3v) is 5.08. The van der Waals surface area contributed by atoms with Crippen molar-refractivity contribution < 1.29 is 0 Å². The van der Waals surface area contributed by atoms with Crippen LogP contribution in [0, 0.1) is 11.8 Å². The molecule has 0 saturated carbocycles. The van der Waals surface area contributed by atoms with Crippen molar-refractivity contribution in [1.29, 1.82) is 0 Å². The summed E-state index contributed by atoms with van der Waals surface area (Å²) >= 11 is 1.49. The summed E-state index contributed by atoms with van der Waals surface area (Å²) in [5, 5.41) is 0.736. The summed E-state index contributed by atoms with van der Waals surface area (Å²) in [5.41, 5.74) is 9.80. The molecule has 0 radical (unpaired) electrons. The molecule has 2 N–H and O–H groups in total. The van der Waals surface area contributed by atoms with Crippen LogP contribution in [0.15, 0.2) is 48.9 Å². The van der Waals surface area contributed by atoms with Crippen LogP contribution in [-0.2, 0) is 5.41 Å². The second kappa shape index (κ2) is 6.53. The molecule has 3 heterocycles. The highest BCUT2D eigenvalue weighted by Crippen LogP contribution is 2.33. The molecule has 27 heavy (non-hydrogen) atoms. The van der Waals surface area contributed by atoms with Crippen molar-refractivity contribution in [2.75, 3.05) is 5.73 Å². The Kier molecular flexibility index (Phi) is 4.17. The number of hydrogen-bond donors (Lipinski definition) is 1. The Hall–Kier alpha value is -3.17. The summed E-state index contributed by atoms with van der Waals surface area (Å²) in [7, 11) is 0. The van der Waals surface area contributed by atoms with Gasteiger partial charge in [-0.3, -0.25) is 9.38 Å². The maximum atomic E-state index is 6.46. The molecule has 4 rings (SSSR count). The van der Waals surface area contributed by atoms with Gasteiger partial charge >= 0.3 is 0 Å². The molecule has 0 amide bonds. The molecule has 0 bridgehead atoms. The van der Waals surface area contributed by atoms with Crippen LogP contribution in [0.25, 0.3) is 16.2 Å². The van der Waals surface area contributed by atoms with Gasteiger partial charge in [-0.2, -0.15) is 0 Å². The normalized spacial score (nSPS) is 11.4. The van der Waals surface area contributed by atoms with E-state index in [2.05, 4.69) is 47.6 Å². The summed E-state index contributed by atoms with van der Waals surface area (Å²) in [6.07, 6.45) is 5.35. The van der Waals surface area contributed by atoms with E-state index >= 15 is 0 Å². The first-order valence-electron chi connectivity index (χ1n) is 8.59. The van der Waals surface area contributed by atoms with E-state index in [1.165, 1.54) is 11.3 Å². The molecule has 0 aliphatic carbocycles. The van der Waals surface area contributed by atoms with Gasteiger partial charge in [0.1, 0.15) is 11.5 Å². The molecule has 0 unspecified atom stereocenters. The average molecular weight is 373 g/mol. The van der Waals surface area contributed by atoms with Crippen molar-refractivity contribution >= 4 is 22.8 Å². The number of fused-ring (bicyclic) bond motifs is 1. The van der Waals surface area contributed by atoms with E-state index in [0.29, 0.717) is 5.82 Å². The first kappa shape index (κ1) is 17.3. The van der Waals surface area contributed by atoms with Crippen molar-refractivity contribution in [3.8, 4) is 22.4 Å². The minimum Gasteiger partial charge on any atom is -0.383 e. The number of nitrogens with zero attached hydrogens (tertiary/aromatic N) is 4. The summed E-state index contributed by atoms with van der Waals surface area (Å²) in [5.74, 6) is 6.84. The predicted octanol–water partition coefficient (Wildman–Crippen LogP) is 4.13. The summed E-state index contributed by atoms with van der Waals surface area (Å²) in [6, 6.07) is 9.86. The molecule has 0 aliphatic heterocycles. The Morgan fingerprint density at radius 1 is 1.04 bits per heavy atom. The third kappa shape index (κ3) is 3.29. The molecular formula is C21H19N5S. The number of thiazole rings is 1. The van der Waals surface area contributed by atoms with Crippen LogP contribution >= 0.6 is 11.3 Å². The lowest BCUT2D eigenvalue weighted by Crippen LogP contribution is -2.17. The lowest BCUT2D eigenvalue weighted by Gasteiger charge is -2.20. The van der Waals surface area contributed by atoms with Gasteiger partial charge in [0.05, 0.1) is 11.1 Å². The molecule has 5 nitrogen and oxygen atoms in total. The molecular weight excluding hydrogens is 354 g/mol. The highest BCUT2D eigenvalue weighted by atomic mass is 32.1. The first-order chi connectivity index (χ1) is 12.9. The van der Waals surface area contributed by atoms with Gasteiger partial charge in [0.2, 0.25) is 0 Å². The number of anilines is 1. The van der Waals surface area contributed by atoms with E-state index in [-0.39, 0.29) is 5.41 Å². The minimum absolute atomic E-state index is 0.0986. The zero-order valence-electron chi connectivity index (χ0n) is 15.4. The maximum absolute atomic E-state index is 6.46. The lowest BCUT2D eigenvalue weighted by molar-refractivity contribution is 0.558. The van der Waals surface area contributed by atoms with Crippen LogP contribution in [0.2, 0.25) is 0 Å². The van der Waals surface area contributed by atoms with Gasteiger partial charge in [-0.1, -0.05) is 44.9 Å². The molecule has 3 aromatic heterocycles. The summed E-state index contributed by atoms with van der Waals surface area (Å²) in [6.45, 7) is 6.39. The monoisotopic (exact) mass is 373 g/mol. The van der Waals surface area contributed by atoms with Crippen molar-refractivity contribution in [3.63, 3.8) is 0 Å². The predicted molar refractivity (Wildman–Crippen MR) is 110 cm³/mol. The van der Waals surface area contributed by atoms with Gasteiger partial charge in [-0.15, -0.1) is 11.3 Å². The number of aromatic nitrogens is 4. The Morgan fingerprint density at radius 2 is 1.81 bits per heavy atom. The van der Waals surface area contributed by atoms with Crippen LogP contribution < -0.4 is 5.73 Å². The summed E-state index contributed by atoms with van der Waals surface area (Å²) in [4.78, 5) is 14.3. The molecule has 134 valence electrons. The van der Waals surface area contributed by atoms with Gasteiger partial charge in [-0.05, 0) is 18.1 Å². The number of nitrogen functional groups attached to an aromatic ring is 1. The van der Waals surface area contributed by atoms with E-state index < -0.39 is 0 Å². The third-order valence-electron chi connectivity index (χ3n) is 4.16. The minimum atomic E-state index is -0.0986. The average Bonchev–Trinajstić information content (AvgIpc) is 3.25. The zero-order valence-corrected chi connectivity index (χ0v) is 16.2. The number of benzene rings is 1. The van der Waals surface area contributed by atoms with Gasteiger partial charge in [0.25, 0.3) is 0 Å². The van der Waals surface area contributed by atoms with E-state index in [1.54, 1.807) is 12.4 Å². The second-order valence-corrected chi connectivity index (χ2v) is 8.26. The van der Waals surface area contributed by atoms with Crippen molar-refractivity contribution in [1.82, 2.24) is 19.4 Å². The smallest absolute Gasteiger partial charge is 0.167 e. The van der Waals surface area contributed by atoms with Crippen LogP contribution in [0.1, 0.15) is 37.0 Å². The molecule has 0 fully saturated rings. The number of rotatable bonds is 1. The van der Waals surface area contributed by atoms with E-state index in [4.69, 9.17) is 5.73 Å². The van der Waals surface area contributed by atoms with Gasteiger partial charge in [-0.25, -0.2) is 9.97 Å². The zero-order chi connectivity index (χ0) is 19.0. The van der Waals surface area contributed by atoms with Crippen molar-refractivity contribution in [2.45, 2.75) is 26.2 Å². The van der Waals surface area contributed by atoms with Crippen molar-refractivity contribution in [3.05, 3.63) is 65.2 Å². The maximum Gasteiger partial charge on any atom is 0.167 e. The number of nitrogens with two attached hydrogens (primary N) is 1. The molecule has 0 saturated heterocycles. The number of hydrogen-bond acceptors (Lipinski definition) is 5. The highest BCUT2D eigenvalue weighted by Gasteiger charge is 2.22.